The van der Waals surface area contributed by atoms with Crippen molar-refractivity contribution in [3.63, 3.8) is 0 Å². The number of Topliss-reactive ketones (excluding diaryl/α,β-unsaturated/α-hetero) is 1. The van der Waals surface area contributed by atoms with Crippen LogP contribution in [0.3, 0.4) is 0 Å². The maximum atomic E-state index is 12.2. The van der Waals surface area contributed by atoms with Gasteiger partial charge in [-0.05, 0) is 31.1 Å². The molecule has 1 amide bonds. The van der Waals surface area contributed by atoms with E-state index in [4.69, 9.17) is 5.11 Å². The molecule has 0 heterocycles. The molecular formula is C18H29NO5. The summed E-state index contributed by atoms with van der Waals surface area (Å²) in [6, 6.07) is -0.887. The van der Waals surface area contributed by atoms with Crippen molar-refractivity contribution in [2.45, 2.75) is 58.4 Å². The minimum absolute atomic E-state index is 0.0392. The number of allylic oxidation sites excluding steroid dienone is 1. The van der Waals surface area contributed by atoms with Gasteiger partial charge in [0, 0.05) is 25.4 Å². The number of ketones is 1. The third kappa shape index (κ3) is 6.07. The highest BCUT2D eigenvalue weighted by atomic mass is 16.4. The first-order chi connectivity index (χ1) is 11.4. The van der Waals surface area contributed by atoms with Crippen LogP contribution in [-0.4, -0.2) is 40.5 Å². The van der Waals surface area contributed by atoms with Gasteiger partial charge >= 0.3 is 5.97 Å². The van der Waals surface area contributed by atoms with Gasteiger partial charge in [0.25, 0.3) is 0 Å². The highest BCUT2D eigenvalue weighted by Gasteiger charge is 2.35. The first-order valence-electron chi connectivity index (χ1n) is 8.71. The van der Waals surface area contributed by atoms with E-state index in [1.54, 1.807) is 6.92 Å². The summed E-state index contributed by atoms with van der Waals surface area (Å²) < 4.78 is 0. The molecule has 6 nitrogen and oxygen atoms in total. The highest BCUT2D eigenvalue weighted by molar-refractivity contribution is 5.87. The van der Waals surface area contributed by atoms with Gasteiger partial charge in [0.2, 0.25) is 5.91 Å². The van der Waals surface area contributed by atoms with Crippen molar-refractivity contribution >= 4 is 17.7 Å². The van der Waals surface area contributed by atoms with Crippen LogP contribution in [0, 0.1) is 17.8 Å². The molecule has 1 unspecified atom stereocenters. The average Bonchev–Trinajstić information content (AvgIpc) is 2.88. The van der Waals surface area contributed by atoms with E-state index in [1.807, 2.05) is 19.1 Å². The van der Waals surface area contributed by atoms with Gasteiger partial charge in [0.05, 0.1) is 0 Å². The van der Waals surface area contributed by atoms with Crippen molar-refractivity contribution in [2.24, 2.45) is 17.8 Å². The summed E-state index contributed by atoms with van der Waals surface area (Å²) in [5.41, 5.74) is 0. The second-order valence-corrected chi connectivity index (χ2v) is 6.56. The van der Waals surface area contributed by atoms with E-state index >= 15 is 0 Å². The molecule has 0 aromatic carbocycles. The number of carbonyl (C=O) groups excluding carboxylic acids is 2. The van der Waals surface area contributed by atoms with Gasteiger partial charge in [-0.2, -0.15) is 0 Å². The Morgan fingerprint density at radius 2 is 2.08 bits per heavy atom. The van der Waals surface area contributed by atoms with Crippen molar-refractivity contribution in [3.8, 4) is 0 Å². The number of carboxylic acid groups (broad SMARTS) is 1. The minimum atomic E-state index is -1.02. The maximum Gasteiger partial charge on any atom is 0.326 e. The van der Waals surface area contributed by atoms with Crippen LogP contribution in [0.5, 0.6) is 0 Å². The number of aliphatic hydroxyl groups excluding tert-OH is 1. The lowest BCUT2D eigenvalue weighted by Crippen LogP contribution is -2.45. The lowest BCUT2D eigenvalue weighted by molar-refractivity contribution is -0.143. The molecule has 24 heavy (non-hydrogen) atoms. The van der Waals surface area contributed by atoms with Gasteiger partial charge in [-0.15, -0.1) is 0 Å². The Hall–Kier alpha value is -1.69. The molecule has 0 aliphatic heterocycles. The predicted octanol–water partition coefficient (Wildman–Crippen LogP) is 1.92. The van der Waals surface area contributed by atoms with E-state index < -0.39 is 12.0 Å². The first kappa shape index (κ1) is 20.4. The Morgan fingerprint density at radius 3 is 2.67 bits per heavy atom. The van der Waals surface area contributed by atoms with Crippen LogP contribution < -0.4 is 5.32 Å². The number of carbonyl (C=O) groups is 3. The van der Waals surface area contributed by atoms with E-state index in [9.17, 15) is 19.5 Å². The van der Waals surface area contributed by atoms with Crippen LogP contribution >= 0.6 is 0 Å². The quantitative estimate of drug-likeness (QED) is 0.528. The molecule has 6 heteroatoms. The number of hydrogen-bond acceptors (Lipinski definition) is 4. The van der Waals surface area contributed by atoms with E-state index in [1.165, 1.54) is 0 Å². The topological polar surface area (TPSA) is 104 Å². The molecule has 136 valence electrons. The molecular weight excluding hydrogens is 310 g/mol. The fourth-order valence-electron chi connectivity index (χ4n) is 3.13. The van der Waals surface area contributed by atoms with Gasteiger partial charge in [0.1, 0.15) is 11.8 Å². The van der Waals surface area contributed by atoms with E-state index in [2.05, 4.69) is 5.32 Å². The third-order valence-corrected chi connectivity index (χ3v) is 4.84. The van der Waals surface area contributed by atoms with Crippen molar-refractivity contribution < 1.29 is 24.6 Å². The second-order valence-electron chi connectivity index (χ2n) is 6.56. The Kier molecular flexibility index (Phi) is 8.68. The van der Waals surface area contributed by atoms with Gasteiger partial charge in [0.15, 0.2) is 0 Å². The summed E-state index contributed by atoms with van der Waals surface area (Å²) in [7, 11) is 0. The zero-order valence-electron chi connectivity index (χ0n) is 14.5. The molecule has 1 rings (SSSR count). The molecule has 1 saturated carbocycles. The largest absolute Gasteiger partial charge is 0.480 e. The number of aliphatic hydroxyl groups is 1. The molecule has 0 spiro atoms. The smallest absolute Gasteiger partial charge is 0.326 e. The maximum absolute atomic E-state index is 12.2. The second kappa shape index (κ2) is 10.2. The lowest BCUT2D eigenvalue weighted by atomic mass is 9.89. The molecule has 0 aromatic heterocycles. The highest BCUT2D eigenvalue weighted by Crippen LogP contribution is 2.34. The Morgan fingerprint density at radius 1 is 1.38 bits per heavy atom. The molecule has 1 fully saturated rings. The lowest BCUT2D eigenvalue weighted by Gasteiger charge is -2.22. The fourth-order valence-corrected chi connectivity index (χ4v) is 3.13. The zero-order chi connectivity index (χ0) is 18.1. The van der Waals surface area contributed by atoms with Crippen LogP contribution in [0.4, 0.5) is 0 Å². The summed E-state index contributed by atoms with van der Waals surface area (Å²) in [6.07, 6.45) is 6.85. The summed E-state index contributed by atoms with van der Waals surface area (Å²) in [6.45, 7) is 3.76. The minimum Gasteiger partial charge on any atom is -0.480 e. The molecule has 3 N–H and O–H groups in total. The van der Waals surface area contributed by atoms with Crippen molar-refractivity contribution in [1.82, 2.24) is 5.32 Å². The summed E-state index contributed by atoms with van der Waals surface area (Å²) in [5.74, 6) is -1.53. The molecule has 1 aliphatic carbocycles. The monoisotopic (exact) mass is 339 g/mol. The predicted molar refractivity (Wildman–Crippen MR) is 90.3 cm³/mol. The van der Waals surface area contributed by atoms with Crippen molar-refractivity contribution in [2.75, 3.05) is 6.61 Å². The molecule has 0 saturated heterocycles. The van der Waals surface area contributed by atoms with E-state index in [0.717, 1.165) is 0 Å². The number of rotatable bonds is 10. The van der Waals surface area contributed by atoms with Crippen molar-refractivity contribution in [1.29, 1.82) is 0 Å². The summed E-state index contributed by atoms with van der Waals surface area (Å²) >= 11 is 0. The number of aliphatic carboxylic acids is 1. The Labute approximate surface area is 143 Å². The van der Waals surface area contributed by atoms with Gasteiger partial charge < -0.3 is 15.5 Å². The van der Waals surface area contributed by atoms with Crippen LogP contribution in [0.1, 0.15) is 52.4 Å². The van der Waals surface area contributed by atoms with Crippen LogP contribution in [0.2, 0.25) is 0 Å². The molecule has 0 aromatic rings. The van der Waals surface area contributed by atoms with Crippen LogP contribution in [0.25, 0.3) is 0 Å². The van der Waals surface area contributed by atoms with Crippen LogP contribution in [-0.2, 0) is 14.4 Å². The number of carboxylic acids is 1. The molecule has 4 atom stereocenters. The SMILES string of the molecule is CC[C@H](C)C(NC(=O)C[C@H]1CCC(=O)[C@H]1C/C=C\CCO)C(=O)O. The number of amides is 1. The van der Waals surface area contributed by atoms with Crippen molar-refractivity contribution in [3.05, 3.63) is 12.2 Å². The van der Waals surface area contributed by atoms with Gasteiger partial charge in [-0.25, -0.2) is 4.79 Å². The molecule has 1 aliphatic rings. The van der Waals surface area contributed by atoms with E-state index in [0.29, 0.717) is 32.1 Å². The zero-order valence-corrected chi connectivity index (χ0v) is 14.5. The fraction of sp³-hybridized carbons (Fsp3) is 0.722. The summed E-state index contributed by atoms with van der Waals surface area (Å²) in [5, 5.41) is 20.6. The van der Waals surface area contributed by atoms with Gasteiger partial charge in [-0.3, -0.25) is 9.59 Å². The summed E-state index contributed by atoms with van der Waals surface area (Å²) in [4.78, 5) is 35.5. The number of nitrogens with one attached hydrogen (secondary N) is 1. The Bertz CT molecular complexity index is 474. The normalized spacial score (nSPS) is 23.4. The molecule has 0 bridgehead atoms. The first-order valence-corrected chi connectivity index (χ1v) is 8.71. The Balaban J connectivity index is 2.60. The van der Waals surface area contributed by atoms with E-state index in [-0.39, 0.29) is 42.5 Å². The van der Waals surface area contributed by atoms with Gasteiger partial charge in [-0.1, -0.05) is 32.4 Å². The third-order valence-electron chi connectivity index (χ3n) is 4.84. The standard InChI is InChI=1S/C18H29NO5/c1-3-12(2)17(18(23)24)19-16(22)11-13-8-9-15(21)14(13)7-5-4-6-10-20/h4-5,12-14,17,20H,3,6-11H2,1-2H3,(H,19,22)(H,23,24)/b5-4-/t12-,13+,14-,17?/m0/s1. The van der Waals surface area contributed by atoms with Crippen LogP contribution in [0.15, 0.2) is 12.2 Å². The average molecular weight is 339 g/mol. The molecule has 0 radical (unpaired) electrons. The number of hydrogen-bond donors (Lipinski definition) is 3.